The molecule has 4 N–H and O–H groups in total. The first-order valence-corrected chi connectivity index (χ1v) is 9.72. The van der Waals surface area contributed by atoms with Crippen LogP contribution in [0.5, 0.6) is 5.75 Å². The lowest BCUT2D eigenvalue weighted by Crippen LogP contribution is -2.42. The van der Waals surface area contributed by atoms with E-state index < -0.39 is 0 Å². The van der Waals surface area contributed by atoms with Crippen molar-refractivity contribution in [2.24, 2.45) is 11.7 Å². The van der Waals surface area contributed by atoms with Crippen LogP contribution in [0.4, 0.5) is 0 Å². The third-order valence-corrected chi connectivity index (χ3v) is 5.17. The van der Waals surface area contributed by atoms with Gasteiger partial charge in [0.15, 0.2) is 0 Å². The Morgan fingerprint density at radius 1 is 1.14 bits per heavy atom. The second kappa shape index (κ2) is 9.37. The zero-order chi connectivity index (χ0) is 19.9. The van der Waals surface area contributed by atoms with Crippen LogP contribution in [0.15, 0.2) is 48.5 Å². The molecule has 1 aliphatic heterocycles. The van der Waals surface area contributed by atoms with Gasteiger partial charge in [-0.25, -0.2) is 0 Å². The van der Waals surface area contributed by atoms with Gasteiger partial charge in [-0.15, -0.1) is 0 Å². The van der Waals surface area contributed by atoms with Crippen LogP contribution < -0.4 is 11.1 Å². The molecule has 0 bridgehead atoms. The van der Waals surface area contributed by atoms with E-state index in [4.69, 9.17) is 5.73 Å². The van der Waals surface area contributed by atoms with Crippen LogP contribution in [0.25, 0.3) is 11.1 Å². The minimum Gasteiger partial charge on any atom is -0.508 e. The minimum absolute atomic E-state index is 0.0500. The van der Waals surface area contributed by atoms with Gasteiger partial charge in [-0.2, -0.15) is 0 Å². The normalized spacial score (nSPS) is 17.2. The van der Waals surface area contributed by atoms with E-state index in [0.717, 1.165) is 50.0 Å². The van der Waals surface area contributed by atoms with Crippen LogP contribution in [0, 0.1) is 5.92 Å². The van der Waals surface area contributed by atoms with Crippen LogP contribution in [-0.2, 0) is 4.79 Å². The van der Waals surface area contributed by atoms with Gasteiger partial charge in [-0.1, -0.05) is 24.3 Å². The Morgan fingerprint density at radius 3 is 2.68 bits per heavy atom. The molecule has 148 valence electrons. The van der Waals surface area contributed by atoms with E-state index in [9.17, 15) is 14.7 Å². The van der Waals surface area contributed by atoms with E-state index in [1.807, 2.05) is 30.3 Å². The monoisotopic (exact) mass is 381 g/mol. The van der Waals surface area contributed by atoms with Gasteiger partial charge >= 0.3 is 0 Å². The molecule has 3 rings (SSSR count). The van der Waals surface area contributed by atoms with E-state index in [1.54, 1.807) is 18.2 Å². The average Bonchev–Trinajstić information content (AvgIpc) is 2.72. The summed E-state index contributed by atoms with van der Waals surface area (Å²) in [6.07, 6.45) is 2.69. The predicted octanol–water partition coefficient (Wildman–Crippen LogP) is 2.38. The third-order valence-electron chi connectivity index (χ3n) is 5.17. The minimum atomic E-state index is -0.216. The maximum Gasteiger partial charge on any atom is 0.251 e. The molecule has 0 spiro atoms. The average molecular weight is 381 g/mol. The number of carbonyl (C=O) groups is 2. The molecule has 1 heterocycles. The second-order valence-corrected chi connectivity index (χ2v) is 7.28. The molecule has 0 saturated carbocycles. The van der Waals surface area contributed by atoms with E-state index in [-0.39, 0.29) is 23.5 Å². The van der Waals surface area contributed by atoms with Gasteiger partial charge in [0.05, 0.1) is 5.92 Å². The van der Waals surface area contributed by atoms with Crippen molar-refractivity contribution in [2.45, 2.75) is 19.3 Å². The lowest BCUT2D eigenvalue weighted by atomic mass is 9.97. The summed E-state index contributed by atoms with van der Waals surface area (Å²) >= 11 is 0. The molecule has 28 heavy (non-hydrogen) atoms. The first-order valence-electron chi connectivity index (χ1n) is 9.72. The standard InChI is InChI=1S/C22H27N3O3/c23-21(27)19-6-2-12-25(15-19)13-3-11-24-22(28)18-5-1-4-17(14-18)16-7-9-20(26)10-8-16/h1,4-5,7-10,14,19,26H,2-3,6,11-13,15H2,(H2,23,27)(H,24,28)/t19-/m0/s1. The Bertz CT molecular complexity index is 820. The number of nitrogens with zero attached hydrogens (tertiary/aromatic N) is 1. The lowest BCUT2D eigenvalue weighted by Gasteiger charge is -2.31. The molecule has 0 unspecified atom stereocenters. The fraction of sp³-hybridized carbons (Fsp3) is 0.364. The van der Waals surface area contributed by atoms with Gasteiger partial charge in [0.25, 0.3) is 5.91 Å². The van der Waals surface area contributed by atoms with Crippen LogP contribution in [0.2, 0.25) is 0 Å². The molecule has 2 amide bonds. The number of benzene rings is 2. The van der Waals surface area contributed by atoms with Crippen molar-refractivity contribution in [1.29, 1.82) is 0 Å². The zero-order valence-electron chi connectivity index (χ0n) is 15.9. The SMILES string of the molecule is NC(=O)[C@H]1CCCN(CCCNC(=O)c2cccc(-c3ccc(O)cc3)c2)C1. The number of phenolic OH excluding ortho intramolecular Hbond substituents is 1. The summed E-state index contributed by atoms with van der Waals surface area (Å²) in [4.78, 5) is 26.0. The number of amides is 2. The Morgan fingerprint density at radius 2 is 1.93 bits per heavy atom. The molecule has 1 fully saturated rings. The molecule has 0 aliphatic carbocycles. The highest BCUT2D eigenvalue weighted by Crippen LogP contribution is 2.22. The molecule has 2 aromatic carbocycles. The first-order chi connectivity index (χ1) is 13.5. The van der Waals surface area contributed by atoms with Gasteiger partial charge in [0, 0.05) is 18.7 Å². The number of nitrogens with two attached hydrogens (primary N) is 1. The Hall–Kier alpha value is -2.86. The zero-order valence-corrected chi connectivity index (χ0v) is 15.9. The number of likely N-dealkylation sites (tertiary alicyclic amines) is 1. The van der Waals surface area contributed by atoms with E-state index in [1.165, 1.54) is 0 Å². The third kappa shape index (κ3) is 5.33. The van der Waals surface area contributed by atoms with Crippen LogP contribution in [0.1, 0.15) is 29.6 Å². The highest BCUT2D eigenvalue weighted by molar-refractivity contribution is 5.95. The van der Waals surface area contributed by atoms with Crippen LogP contribution in [-0.4, -0.2) is 48.0 Å². The number of nitrogens with one attached hydrogen (secondary N) is 1. The molecular formula is C22H27N3O3. The summed E-state index contributed by atoms with van der Waals surface area (Å²) in [5, 5.41) is 12.4. The molecule has 1 atom stereocenters. The van der Waals surface area contributed by atoms with Crippen molar-refractivity contribution in [1.82, 2.24) is 10.2 Å². The van der Waals surface area contributed by atoms with Crippen molar-refractivity contribution >= 4 is 11.8 Å². The maximum atomic E-state index is 12.4. The summed E-state index contributed by atoms with van der Waals surface area (Å²) in [5.74, 6) is -0.153. The fourth-order valence-corrected chi connectivity index (χ4v) is 3.59. The fourth-order valence-electron chi connectivity index (χ4n) is 3.59. The van der Waals surface area contributed by atoms with Crippen LogP contribution >= 0.6 is 0 Å². The van der Waals surface area contributed by atoms with E-state index >= 15 is 0 Å². The summed E-state index contributed by atoms with van der Waals surface area (Å²) in [7, 11) is 0. The second-order valence-electron chi connectivity index (χ2n) is 7.28. The van der Waals surface area contributed by atoms with Crippen LogP contribution in [0.3, 0.4) is 0 Å². The Balaban J connectivity index is 1.48. The largest absolute Gasteiger partial charge is 0.508 e. The molecule has 1 saturated heterocycles. The highest BCUT2D eigenvalue weighted by Gasteiger charge is 2.23. The number of rotatable bonds is 7. The molecule has 6 nitrogen and oxygen atoms in total. The van der Waals surface area contributed by atoms with Crippen molar-refractivity contribution in [3.8, 4) is 16.9 Å². The lowest BCUT2D eigenvalue weighted by molar-refractivity contribution is -0.123. The van der Waals surface area contributed by atoms with E-state index in [0.29, 0.717) is 12.1 Å². The molecule has 2 aromatic rings. The number of carbonyl (C=O) groups excluding carboxylic acids is 2. The smallest absolute Gasteiger partial charge is 0.251 e. The summed E-state index contributed by atoms with van der Waals surface area (Å²) in [5.41, 5.74) is 7.90. The van der Waals surface area contributed by atoms with Gasteiger partial charge in [0.2, 0.25) is 5.91 Å². The summed E-state index contributed by atoms with van der Waals surface area (Å²) in [6, 6.07) is 14.3. The molecular weight excluding hydrogens is 354 g/mol. The van der Waals surface area contributed by atoms with Gasteiger partial charge < -0.3 is 21.1 Å². The quantitative estimate of drug-likeness (QED) is 0.642. The molecule has 0 radical (unpaired) electrons. The molecule has 6 heteroatoms. The van der Waals surface area contributed by atoms with Gasteiger partial charge in [-0.3, -0.25) is 9.59 Å². The predicted molar refractivity (Wildman–Crippen MR) is 109 cm³/mol. The number of phenols is 1. The van der Waals surface area contributed by atoms with Crippen molar-refractivity contribution in [2.75, 3.05) is 26.2 Å². The summed E-state index contributed by atoms with van der Waals surface area (Å²) < 4.78 is 0. The number of primary amides is 1. The first kappa shape index (κ1) is 19.9. The number of aromatic hydroxyl groups is 1. The number of hydrogen-bond donors (Lipinski definition) is 3. The van der Waals surface area contributed by atoms with Crippen molar-refractivity contribution < 1.29 is 14.7 Å². The van der Waals surface area contributed by atoms with Gasteiger partial charge in [0.1, 0.15) is 5.75 Å². The highest BCUT2D eigenvalue weighted by atomic mass is 16.3. The number of hydrogen-bond acceptors (Lipinski definition) is 4. The molecule has 1 aliphatic rings. The van der Waals surface area contributed by atoms with E-state index in [2.05, 4.69) is 10.2 Å². The van der Waals surface area contributed by atoms with Crippen molar-refractivity contribution in [3.63, 3.8) is 0 Å². The maximum absolute atomic E-state index is 12.4. The molecule has 0 aromatic heterocycles. The topological polar surface area (TPSA) is 95.7 Å². The Labute approximate surface area is 165 Å². The summed E-state index contributed by atoms with van der Waals surface area (Å²) in [6.45, 7) is 3.13. The number of piperidine rings is 1. The van der Waals surface area contributed by atoms with Crippen molar-refractivity contribution in [3.05, 3.63) is 54.1 Å². The Kier molecular flexibility index (Phi) is 6.66. The van der Waals surface area contributed by atoms with Gasteiger partial charge in [-0.05, 0) is 67.7 Å².